The van der Waals surface area contributed by atoms with Gasteiger partial charge in [0.25, 0.3) is 0 Å². The largest absolute Gasteiger partial charge is 0.331 e. The van der Waals surface area contributed by atoms with Gasteiger partial charge in [-0.3, -0.25) is 0 Å². The summed E-state index contributed by atoms with van der Waals surface area (Å²) in [6.07, 6.45) is 0. The first kappa shape index (κ1) is 6.88. The van der Waals surface area contributed by atoms with E-state index in [1.807, 2.05) is 0 Å². The normalized spacial score (nSPS) is 14.1. The maximum Gasteiger partial charge on any atom is 0.301 e. The molecule has 0 aromatic rings. The Morgan fingerprint density at radius 1 is 1.71 bits per heavy atom. The first-order chi connectivity index (χ1) is 3.31. The van der Waals surface area contributed by atoms with Crippen molar-refractivity contribution in [3.8, 4) is 0 Å². The summed E-state index contributed by atoms with van der Waals surface area (Å²) >= 11 is 0. The molecule has 0 N–H and O–H groups in total. The van der Waals surface area contributed by atoms with Crippen molar-refractivity contribution in [1.82, 2.24) is 0 Å². The molecule has 0 bridgehead atoms. The van der Waals surface area contributed by atoms with Gasteiger partial charge in [-0.25, -0.2) is 0 Å². The Bertz CT molecular complexity index is 37.9. The lowest BCUT2D eigenvalue weighted by atomic mass is 10.9. The van der Waals surface area contributed by atoms with Crippen LogP contribution in [0.5, 0.6) is 0 Å². The van der Waals surface area contributed by atoms with Crippen LogP contribution in [-0.4, -0.2) is 20.2 Å². The molecule has 3 heteroatoms. The summed E-state index contributed by atoms with van der Waals surface area (Å²) in [6, 6.07) is 0. The van der Waals surface area contributed by atoms with E-state index < -0.39 is 6.48 Å². The van der Waals surface area contributed by atoms with Crippen LogP contribution in [-0.2, 0) is 14.6 Å². The maximum atomic E-state index is 10.1. The zero-order valence-corrected chi connectivity index (χ0v) is 4.51. The van der Waals surface area contributed by atoms with Gasteiger partial charge in [0.1, 0.15) is 0 Å². The standard InChI is InChI=1S/C4H9O3/c1-3-7-4(5)6-2/h4H,3H2,1-2H3. The van der Waals surface area contributed by atoms with Crippen molar-refractivity contribution in [2.24, 2.45) is 0 Å². The second-order valence-corrected chi connectivity index (χ2v) is 0.980. The van der Waals surface area contributed by atoms with E-state index in [-0.39, 0.29) is 0 Å². The molecule has 1 atom stereocenters. The van der Waals surface area contributed by atoms with E-state index in [0.29, 0.717) is 6.61 Å². The highest BCUT2D eigenvalue weighted by molar-refractivity contribution is 4.10. The fraction of sp³-hybridized carbons (Fsp3) is 1.00. The second kappa shape index (κ2) is 4.05. The van der Waals surface area contributed by atoms with Crippen LogP contribution in [0.3, 0.4) is 0 Å². The molecule has 0 aliphatic rings. The number of rotatable bonds is 3. The van der Waals surface area contributed by atoms with Gasteiger partial charge in [-0.1, -0.05) is 0 Å². The molecule has 0 aromatic carbocycles. The minimum absolute atomic E-state index is 0.405. The van der Waals surface area contributed by atoms with E-state index in [0.717, 1.165) is 0 Å². The molecular weight excluding hydrogens is 96.0 g/mol. The molecule has 0 rings (SSSR count). The molecule has 1 unspecified atom stereocenters. The van der Waals surface area contributed by atoms with Crippen LogP contribution < -0.4 is 0 Å². The van der Waals surface area contributed by atoms with Crippen LogP contribution >= 0.6 is 0 Å². The Kier molecular flexibility index (Phi) is 3.98. The maximum absolute atomic E-state index is 10.1. The first-order valence-electron chi connectivity index (χ1n) is 2.11. The molecule has 0 aliphatic heterocycles. The lowest BCUT2D eigenvalue weighted by Crippen LogP contribution is -2.11. The fourth-order valence-electron chi connectivity index (χ4n) is 0.204. The smallest absolute Gasteiger partial charge is 0.301 e. The molecule has 0 aliphatic carbocycles. The molecule has 0 saturated carbocycles. The van der Waals surface area contributed by atoms with Crippen LogP contribution in [0.1, 0.15) is 6.92 Å². The Hall–Kier alpha value is -0.120. The molecule has 0 fully saturated rings. The predicted octanol–water partition coefficient (Wildman–Crippen LogP) is 0.383. The van der Waals surface area contributed by atoms with Crippen LogP contribution in [0.15, 0.2) is 0 Å². The van der Waals surface area contributed by atoms with Crippen LogP contribution in [0.2, 0.25) is 0 Å². The minimum Gasteiger partial charge on any atom is -0.331 e. The highest BCUT2D eigenvalue weighted by Crippen LogP contribution is 1.84. The van der Waals surface area contributed by atoms with Gasteiger partial charge in [-0.2, -0.15) is 5.11 Å². The lowest BCUT2D eigenvalue weighted by Gasteiger charge is -2.02. The van der Waals surface area contributed by atoms with E-state index in [2.05, 4.69) is 9.47 Å². The van der Waals surface area contributed by atoms with Crippen LogP contribution in [0.4, 0.5) is 0 Å². The molecule has 7 heavy (non-hydrogen) atoms. The average Bonchev–Trinajstić information content (AvgIpc) is 1.68. The second-order valence-electron chi connectivity index (χ2n) is 0.980. The van der Waals surface area contributed by atoms with Crippen molar-refractivity contribution >= 4 is 0 Å². The van der Waals surface area contributed by atoms with Gasteiger partial charge in [-0.05, 0) is 6.92 Å². The van der Waals surface area contributed by atoms with E-state index in [4.69, 9.17) is 0 Å². The molecular formula is C4H9O3. The van der Waals surface area contributed by atoms with Crippen molar-refractivity contribution in [2.75, 3.05) is 13.7 Å². The fourth-order valence-corrected chi connectivity index (χ4v) is 0.204. The molecule has 0 amide bonds. The monoisotopic (exact) mass is 105 g/mol. The van der Waals surface area contributed by atoms with Crippen molar-refractivity contribution in [2.45, 2.75) is 13.4 Å². The summed E-state index contributed by atoms with van der Waals surface area (Å²) < 4.78 is 8.63. The molecule has 1 radical (unpaired) electrons. The Morgan fingerprint density at radius 3 is 2.43 bits per heavy atom. The third-order valence-electron chi connectivity index (χ3n) is 0.495. The molecule has 3 nitrogen and oxygen atoms in total. The summed E-state index contributed by atoms with van der Waals surface area (Å²) in [5.74, 6) is 0. The number of methoxy groups -OCH3 is 1. The number of hydrogen-bond acceptors (Lipinski definition) is 2. The molecule has 0 spiro atoms. The number of ether oxygens (including phenoxy) is 2. The molecule has 43 valence electrons. The zero-order valence-electron chi connectivity index (χ0n) is 4.51. The topological polar surface area (TPSA) is 38.4 Å². The first-order valence-corrected chi connectivity index (χ1v) is 2.11. The van der Waals surface area contributed by atoms with E-state index in [1.54, 1.807) is 6.92 Å². The van der Waals surface area contributed by atoms with Crippen molar-refractivity contribution < 1.29 is 14.6 Å². The quantitative estimate of drug-likeness (QED) is 0.487. The van der Waals surface area contributed by atoms with Gasteiger partial charge >= 0.3 is 6.48 Å². The lowest BCUT2D eigenvalue weighted by molar-refractivity contribution is -0.278. The average molecular weight is 105 g/mol. The van der Waals surface area contributed by atoms with Crippen molar-refractivity contribution in [1.29, 1.82) is 0 Å². The third kappa shape index (κ3) is 3.72. The third-order valence-corrected chi connectivity index (χ3v) is 0.495. The Morgan fingerprint density at radius 2 is 2.29 bits per heavy atom. The molecule has 0 aromatic heterocycles. The summed E-state index contributed by atoms with van der Waals surface area (Å²) in [4.78, 5) is 0. The molecule has 0 saturated heterocycles. The van der Waals surface area contributed by atoms with Gasteiger partial charge < -0.3 is 9.47 Å². The zero-order chi connectivity index (χ0) is 5.70. The van der Waals surface area contributed by atoms with Gasteiger partial charge in [0.2, 0.25) is 0 Å². The summed E-state index contributed by atoms with van der Waals surface area (Å²) in [5.41, 5.74) is 0. The Labute approximate surface area is 42.9 Å². The summed E-state index contributed by atoms with van der Waals surface area (Å²) in [6.45, 7) is 0.844. The van der Waals surface area contributed by atoms with Crippen LogP contribution in [0.25, 0.3) is 0 Å². The van der Waals surface area contributed by atoms with Crippen molar-refractivity contribution in [3.05, 3.63) is 0 Å². The van der Waals surface area contributed by atoms with Gasteiger partial charge in [0, 0.05) is 13.7 Å². The predicted molar refractivity (Wildman–Crippen MR) is 23.1 cm³/mol. The highest BCUT2D eigenvalue weighted by atomic mass is 16.8. The van der Waals surface area contributed by atoms with E-state index >= 15 is 0 Å². The highest BCUT2D eigenvalue weighted by Gasteiger charge is 1.97. The van der Waals surface area contributed by atoms with Gasteiger partial charge in [0.05, 0.1) is 0 Å². The summed E-state index contributed by atoms with van der Waals surface area (Å²) in [5, 5.41) is 10.1. The van der Waals surface area contributed by atoms with E-state index in [9.17, 15) is 5.11 Å². The number of hydrogen-bond donors (Lipinski definition) is 0. The molecule has 0 heterocycles. The van der Waals surface area contributed by atoms with Gasteiger partial charge in [0.15, 0.2) is 0 Å². The van der Waals surface area contributed by atoms with Crippen LogP contribution in [0, 0.1) is 0 Å². The van der Waals surface area contributed by atoms with Crippen molar-refractivity contribution in [3.63, 3.8) is 0 Å². The van der Waals surface area contributed by atoms with Gasteiger partial charge in [-0.15, -0.1) is 0 Å². The Balaban J connectivity index is 2.83. The van der Waals surface area contributed by atoms with E-state index in [1.165, 1.54) is 7.11 Å². The summed E-state index contributed by atoms with van der Waals surface area (Å²) in [7, 11) is 1.31. The minimum atomic E-state index is -1.30. The SMILES string of the molecule is CCOC([O])OC.